The van der Waals surface area contributed by atoms with Gasteiger partial charge in [0.25, 0.3) is 0 Å². The molecule has 0 atom stereocenters. The summed E-state index contributed by atoms with van der Waals surface area (Å²) >= 11 is 12.5. The molecule has 2 aromatic rings. The van der Waals surface area contributed by atoms with Crippen LogP contribution in [-0.2, 0) is 9.53 Å². The molecule has 112 valence electrons. The highest BCUT2D eigenvalue weighted by Gasteiger charge is 2.30. The first kappa shape index (κ1) is 14.9. The quantitative estimate of drug-likeness (QED) is 0.777. The summed E-state index contributed by atoms with van der Waals surface area (Å²) in [5, 5.41) is 0.847. The van der Waals surface area contributed by atoms with Crippen LogP contribution in [0.25, 0.3) is 11.1 Å². The Morgan fingerprint density at radius 2 is 1.68 bits per heavy atom. The van der Waals surface area contributed by atoms with Crippen LogP contribution in [0.4, 0.5) is 0 Å². The summed E-state index contributed by atoms with van der Waals surface area (Å²) in [6.07, 6.45) is 0. The minimum absolute atomic E-state index is 0.196. The molecule has 2 aromatic carbocycles. The lowest BCUT2D eigenvalue weighted by Gasteiger charge is -2.09. The molecule has 0 unspecified atom stereocenters. The Balaban J connectivity index is 2.18. The minimum atomic E-state index is -0.416. The van der Waals surface area contributed by atoms with Gasteiger partial charge in [0, 0.05) is 11.1 Å². The first-order chi connectivity index (χ1) is 10.6. The van der Waals surface area contributed by atoms with E-state index in [0.717, 1.165) is 16.9 Å². The van der Waals surface area contributed by atoms with Crippen LogP contribution < -0.4 is 4.74 Å². The van der Waals surface area contributed by atoms with Crippen molar-refractivity contribution in [3.63, 3.8) is 0 Å². The topological polar surface area (TPSA) is 35.5 Å². The van der Waals surface area contributed by atoms with Crippen LogP contribution in [0, 0.1) is 0 Å². The fourth-order valence-corrected chi connectivity index (χ4v) is 3.00. The smallest absolute Gasteiger partial charge is 0.339 e. The van der Waals surface area contributed by atoms with Gasteiger partial charge in [-0.25, -0.2) is 4.79 Å². The Kier molecular flexibility index (Phi) is 4.10. The SMILES string of the molecule is COc1ccc(C2=C(c3c(Cl)cccc3Cl)C(=O)OC2)cc1. The van der Waals surface area contributed by atoms with E-state index in [1.807, 2.05) is 24.3 Å². The Morgan fingerprint density at radius 3 is 2.27 bits per heavy atom. The molecule has 1 aliphatic rings. The number of benzene rings is 2. The molecule has 0 radical (unpaired) electrons. The number of halogens is 2. The summed E-state index contributed by atoms with van der Waals surface area (Å²) in [7, 11) is 1.60. The third-order valence-electron chi connectivity index (χ3n) is 3.50. The lowest BCUT2D eigenvalue weighted by Crippen LogP contribution is -2.00. The highest BCUT2D eigenvalue weighted by atomic mass is 35.5. The number of cyclic esters (lactones) is 1. The maximum Gasteiger partial charge on any atom is 0.339 e. The zero-order valence-corrected chi connectivity index (χ0v) is 13.2. The van der Waals surface area contributed by atoms with Crippen LogP contribution in [-0.4, -0.2) is 19.7 Å². The van der Waals surface area contributed by atoms with E-state index in [1.165, 1.54) is 0 Å². The number of carbonyl (C=O) groups is 1. The molecule has 0 aromatic heterocycles. The largest absolute Gasteiger partial charge is 0.497 e. The zero-order chi connectivity index (χ0) is 15.7. The summed E-state index contributed by atoms with van der Waals surface area (Å²) in [6, 6.07) is 12.6. The van der Waals surface area contributed by atoms with Crippen LogP contribution >= 0.6 is 23.2 Å². The van der Waals surface area contributed by atoms with E-state index in [-0.39, 0.29) is 6.61 Å². The predicted molar refractivity (Wildman–Crippen MR) is 87.2 cm³/mol. The van der Waals surface area contributed by atoms with Gasteiger partial charge < -0.3 is 9.47 Å². The van der Waals surface area contributed by atoms with Crippen molar-refractivity contribution >= 4 is 40.3 Å². The average molecular weight is 335 g/mol. The molecule has 5 heteroatoms. The molecule has 0 aliphatic carbocycles. The van der Waals surface area contributed by atoms with Gasteiger partial charge in [0.2, 0.25) is 0 Å². The monoisotopic (exact) mass is 334 g/mol. The van der Waals surface area contributed by atoms with E-state index < -0.39 is 5.97 Å². The molecule has 0 saturated heterocycles. The standard InChI is InChI=1S/C17H12Cl2O3/c1-21-11-7-5-10(6-8-11)12-9-22-17(20)15(12)16-13(18)3-2-4-14(16)19/h2-8H,9H2,1H3. The molecule has 0 spiro atoms. The number of esters is 1. The van der Waals surface area contributed by atoms with Gasteiger partial charge in [-0.15, -0.1) is 0 Å². The highest BCUT2D eigenvalue weighted by molar-refractivity contribution is 6.42. The van der Waals surface area contributed by atoms with Crippen molar-refractivity contribution in [2.75, 3.05) is 13.7 Å². The molecule has 0 N–H and O–H groups in total. The molecule has 0 amide bonds. The second-order valence-corrected chi connectivity index (χ2v) is 5.57. The van der Waals surface area contributed by atoms with Crippen molar-refractivity contribution in [3.05, 3.63) is 63.6 Å². The fraction of sp³-hybridized carbons (Fsp3) is 0.118. The molecule has 1 heterocycles. The van der Waals surface area contributed by atoms with Crippen molar-refractivity contribution < 1.29 is 14.3 Å². The highest BCUT2D eigenvalue weighted by Crippen LogP contribution is 2.39. The fourth-order valence-electron chi connectivity index (χ4n) is 2.41. The molecule has 3 rings (SSSR count). The van der Waals surface area contributed by atoms with Crippen molar-refractivity contribution in [2.24, 2.45) is 0 Å². The van der Waals surface area contributed by atoms with Crippen molar-refractivity contribution in [3.8, 4) is 5.75 Å². The van der Waals surface area contributed by atoms with Gasteiger partial charge in [-0.05, 0) is 29.8 Å². The predicted octanol–water partition coefficient (Wildman–Crippen LogP) is 4.47. The van der Waals surface area contributed by atoms with E-state index in [0.29, 0.717) is 21.2 Å². The molecule has 22 heavy (non-hydrogen) atoms. The van der Waals surface area contributed by atoms with Crippen LogP contribution in [0.3, 0.4) is 0 Å². The summed E-state index contributed by atoms with van der Waals surface area (Å²) in [6.45, 7) is 0.196. The van der Waals surface area contributed by atoms with Gasteiger partial charge in [-0.3, -0.25) is 0 Å². The summed E-state index contributed by atoms with van der Waals surface area (Å²) in [4.78, 5) is 12.2. The number of hydrogen-bond donors (Lipinski definition) is 0. The van der Waals surface area contributed by atoms with Crippen LogP contribution in [0.1, 0.15) is 11.1 Å². The zero-order valence-electron chi connectivity index (χ0n) is 11.7. The van der Waals surface area contributed by atoms with E-state index in [9.17, 15) is 4.79 Å². The second-order valence-electron chi connectivity index (χ2n) is 4.75. The molecule has 1 aliphatic heterocycles. The van der Waals surface area contributed by atoms with Gasteiger partial charge in [-0.1, -0.05) is 41.4 Å². The minimum Gasteiger partial charge on any atom is -0.497 e. The van der Waals surface area contributed by atoms with Crippen molar-refractivity contribution in [1.29, 1.82) is 0 Å². The normalized spacial score (nSPS) is 14.2. The van der Waals surface area contributed by atoms with Crippen LogP contribution in [0.2, 0.25) is 10.0 Å². The first-order valence-electron chi connectivity index (χ1n) is 6.61. The number of rotatable bonds is 3. The maximum atomic E-state index is 12.2. The van der Waals surface area contributed by atoms with Gasteiger partial charge in [0.15, 0.2) is 0 Å². The summed E-state index contributed by atoms with van der Waals surface area (Å²) < 4.78 is 10.3. The Bertz CT molecular complexity index is 744. The van der Waals surface area contributed by atoms with E-state index in [1.54, 1.807) is 25.3 Å². The van der Waals surface area contributed by atoms with Gasteiger partial charge in [-0.2, -0.15) is 0 Å². The Morgan fingerprint density at radius 1 is 1.05 bits per heavy atom. The second kappa shape index (κ2) is 6.03. The Labute approximate surface area is 138 Å². The molecular weight excluding hydrogens is 323 g/mol. The maximum absolute atomic E-state index is 12.2. The van der Waals surface area contributed by atoms with E-state index in [2.05, 4.69) is 0 Å². The lowest BCUT2D eigenvalue weighted by atomic mass is 9.96. The molecule has 0 saturated carbocycles. The van der Waals surface area contributed by atoms with Gasteiger partial charge >= 0.3 is 5.97 Å². The van der Waals surface area contributed by atoms with Crippen LogP contribution in [0.15, 0.2) is 42.5 Å². The first-order valence-corrected chi connectivity index (χ1v) is 7.36. The van der Waals surface area contributed by atoms with Crippen LogP contribution in [0.5, 0.6) is 5.75 Å². The number of ether oxygens (including phenoxy) is 2. The van der Waals surface area contributed by atoms with Gasteiger partial charge in [0.1, 0.15) is 12.4 Å². The lowest BCUT2D eigenvalue weighted by molar-refractivity contribution is -0.133. The Hall–Kier alpha value is -1.97. The third kappa shape index (κ3) is 2.58. The molecule has 0 bridgehead atoms. The van der Waals surface area contributed by atoms with E-state index >= 15 is 0 Å². The van der Waals surface area contributed by atoms with Gasteiger partial charge in [0.05, 0.1) is 22.7 Å². The summed E-state index contributed by atoms with van der Waals surface area (Å²) in [5.74, 6) is 0.327. The molecular formula is C17H12Cl2O3. The number of hydrogen-bond acceptors (Lipinski definition) is 3. The number of carbonyl (C=O) groups excluding carboxylic acids is 1. The summed E-state index contributed by atoms with van der Waals surface area (Å²) in [5.41, 5.74) is 2.57. The van der Waals surface area contributed by atoms with Crippen molar-refractivity contribution in [1.82, 2.24) is 0 Å². The molecule has 3 nitrogen and oxygen atoms in total. The third-order valence-corrected chi connectivity index (χ3v) is 4.13. The van der Waals surface area contributed by atoms with E-state index in [4.69, 9.17) is 32.7 Å². The molecule has 0 fully saturated rings. The van der Waals surface area contributed by atoms with Crippen molar-refractivity contribution in [2.45, 2.75) is 0 Å². The average Bonchev–Trinajstić information content (AvgIpc) is 2.89. The number of methoxy groups -OCH3 is 1.